The standard InChI is InChI=1S/C22H35NO4/c1-13(2)7-8-14(3)20(24)10-9-16-17-11-15-5-4-6-18(22(26)27)23(15)19(17)12-21(16)25/h7,9-10,14-21,24-25H,4-6,8,11-12H2,1-3H3,(H,26,27)/b10-9+/t14?,15?,16-,17-,18?,19?,20+,21-/m1/s1. The second-order valence-corrected chi connectivity index (χ2v) is 9.10. The molecule has 152 valence electrons. The van der Waals surface area contributed by atoms with E-state index in [0.717, 1.165) is 25.7 Å². The molecule has 0 amide bonds. The van der Waals surface area contributed by atoms with Crippen LogP contribution in [0.3, 0.4) is 0 Å². The molecule has 3 aliphatic rings. The summed E-state index contributed by atoms with van der Waals surface area (Å²) in [5.74, 6) is -0.282. The fourth-order valence-corrected chi connectivity index (χ4v) is 5.45. The smallest absolute Gasteiger partial charge is 0.320 e. The zero-order valence-corrected chi connectivity index (χ0v) is 16.8. The molecular weight excluding hydrogens is 342 g/mol. The number of rotatable bonds is 6. The molecule has 2 aliphatic heterocycles. The minimum Gasteiger partial charge on any atom is -0.480 e. The van der Waals surface area contributed by atoms with Crippen LogP contribution in [-0.2, 0) is 4.79 Å². The van der Waals surface area contributed by atoms with Gasteiger partial charge in [-0.25, -0.2) is 0 Å². The molecule has 3 rings (SSSR count). The maximum Gasteiger partial charge on any atom is 0.320 e. The van der Waals surface area contributed by atoms with Crippen LogP contribution in [-0.4, -0.2) is 56.5 Å². The van der Waals surface area contributed by atoms with E-state index in [1.807, 2.05) is 19.1 Å². The molecule has 5 nitrogen and oxygen atoms in total. The van der Waals surface area contributed by atoms with Crippen LogP contribution in [0.4, 0.5) is 0 Å². The van der Waals surface area contributed by atoms with Crippen LogP contribution in [0.25, 0.3) is 0 Å². The van der Waals surface area contributed by atoms with Gasteiger partial charge in [0.05, 0.1) is 12.2 Å². The van der Waals surface area contributed by atoms with Gasteiger partial charge in [0.2, 0.25) is 0 Å². The maximum atomic E-state index is 11.7. The van der Waals surface area contributed by atoms with Crippen molar-refractivity contribution in [3.05, 3.63) is 23.8 Å². The lowest BCUT2D eigenvalue weighted by molar-refractivity contribution is -0.146. The van der Waals surface area contributed by atoms with Crippen molar-refractivity contribution in [1.82, 2.24) is 4.90 Å². The number of carboxylic acid groups (broad SMARTS) is 1. The molecule has 1 aliphatic carbocycles. The number of aliphatic hydroxyl groups is 2. The fraction of sp³-hybridized carbons (Fsp3) is 0.773. The summed E-state index contributed by atoms with van der Waals surface area (Å²) in [6.45, 7) is 6.15. The Morgan fingerprint density at radius 1 is 1.26 bits per heavy atom. The van der Waals surface area contributed by atoms with Crippen LogP contribution in [0.5, 0.6) is 0 Å². The van der Waals surface area contributed by atoms with Gasteiger partial charge in [-0.05, 0) is 64.2 Å². The van der Waals surface area contributed by atoms with Gasteiger partial charge in [0.1, 0.15) is 6.04 Å². The third kappa shape index (κ3) is 4.30. The van der Waals surface area contributed by atoms with Crippen molar-refractivity contribution in [3.63, 3.8) is 0 Å². The lowest BCUT2D eigenvalue weighted by Gasteiger charge is -2.38. The Balaban J connectivity index is 1.68. The molecule has 8 atom stereocenters. The van der Waals surface area contributed by atoms with Crippen molar-refractivity contribution in [2.24, 2.45) is 17.8 Å². The number of hydrogen-bond donors (Lipinski definition) is 3. The second kappa shape index (κ2) is 8.46. The van der Waals surface area contributed by atoms with E-state index in [-0.39, 0.29) is 17.9 Å². The fourth-order valence-electron chi connectivity index (χ4n) is 5.45. The summed E-state index contributed by atoms with van der Waals surface area (Å²) in [5, 5.41) is 30.7. The van der Waals surface area contributed by atoms with Gasteiger partial charge in [-0.2, -0.15) is 0 Å². The van der Waals surface area contributed by atoms with Crippen molar-refractivity contribution in [1.29, 1.82) is 0 Å². The predicted molar refractivity (Wildman–Crippen MR) is 105 cm³/mol. The molecule has 4 unspecified atom stereocenters. The quantitative estimate of drug-likeness (QED) is 0.620. The molecule has 0 aromatic carbocycles. The largest absolute Gasteiger partial charge is 0.480 e. The molecule has 0 bridgehead atoms. The molecular formula is C22H35NO4. The number of carbonyl (C=O) groups is 1. The molecule has 1 saturated carbocycles. The topological polar surface area (TPSA) is 81.0 Å². The molecule has 2 saturated heterocycles. The van der Waals surface area contributed by atoms with Crippen molar-refractivity contribution in [3.8, 4) is 0 Å². The number of nitrogens with zero attached hydrogens (tertiary/aromatic N) is 1. The first kappa shape index (κ1) is 20.6. The maximum absolute atomic E-state index is 11.7. The highest BCUT2D eigenvalue weighted by molar-refractivity contribution is 5.73. The first-order valence-electron chi connectivity index (χ1n) is 10.5. The number of hydrogen-bond acceptors (Lipinski definition) is 4. The first-order chi connectivity index (χ1) is 12.8. The Morgan fingerprint density at radius 2 is 2.00 bits per heavy atom. The van der Waals surface area contributed by atoms with Crippen LogP contribution in [0, 0.1) is 17.8 Å². The van der Waals surface area contributed by atoms with Crippen LogP contribution in [0.15, 0.2) is 23.8 Å². The van der Waals surface area contributed by atoms with Gasteiger partial charge in [-0.15, -0.1) is 0 Å². The van der Waals surface area contributed by atoms with Crippen LogP contribution >= 0.6 is 0 Å². The zero-order valence-electron chi connectivity index (χ0n) is 16.8. The minimum atomic E-state index is -0.725. The highest BCUT2D eigenvalue weighted by Crippen LogP contribution is 2.49. The van der Waals surface area contributed by atoms with Gasteiger partial charge in [0.25, 0.3) is 0 Å². The minimum absolute atomic E-state index is 0.0142. The number of aliphatic carboxylic acids is 1. The van der Waals surface area contributed by atoms with E-state index in [1.165, 1.54) is 5.57 Å². The normalized spacial score (nSPS) is 38.4. The summed E-state index contributed by atoms with van der Waals surface area (Å²) in [5.41, 5.74) is 1.25. The Bertz CT molecular complexity index is 597. The van der Waals surface area contributed by atoms with E-state index >= 15 is 0 Å². The number of aliphatic hydroxyl groups excluding tert-OH is 2. The SMILES string of the molecule is CC(C)=CCC(C)[C@@H](O)/C=C/[C@H]1[C@H](O)CC2[C@@H]1CC1CCCC(C(=O)O)N12. The number of piperidine rings is 1. The van der Waals surface area contributed by atoms with Crippen molar-refractivity contribution < 1.29 is 20.1 Å². The Hall–Kier alpha value is -1.17. The van der Waals surface area contributed by atoms with E-state index in [1.54, 1.807) is 0 Å². The van der Waals surface area contributed by atoms with E-state index in [9.17, 15) is 20.1 Å². The molecule has 0 aromatic heterocycles. The summed E-state index contributed by atoms with van der Waals surface area (Å²) < 4.78 is 0. The van der Waals surface area contributed by atoms with E-state index in [4.69, 9.17) is 0 Å². The predicted octanol–water partition coefficient (Wildman–Crippen LogP) is 2.97. The van der Waals surface area contributed by atoms with Crippen LogP contribution in [0.1, 0.15) is 59.3 Å². The van der Waals surface area contributed by atoms with E-state index in [2.05, 4.69) is 24.8 Å². The zero-order chi connectivity index (χ0) is 19.7. The van der Waals surface area contributed by atoms with Gasteiger partial charge in [-0.1, -0.05) is 30.7 Å². The molecule has 2 heterocycles. The van der Waals surface area contributed by atoms with Gasteiger partial charge >= 0.3 is 5.97 Å². The van der Waals surface area contributed by atoms with Gasteiger partial charge in [-0.3, -0.25) is 9.69 Å². The molecule has 0 spiro atoms. The Morgan fingerprint density at radius 3 is 2.67 bits per heavy atom. The lowest BCUT2D eigenvalue weighted by Crippen LogP contribution is -2.51. The summed E-state index contributed by atoms with van der Waals surface area (Å²) in [6, 6.07) is 0.0874. The van der Waals surface area contributed by atoms with Crippen molar-refractivity contribution >= 4 is 5.97 Å². The molecule has 27 heavy (non-hydrogen) atoms. The molecule has 3 N–H and O–H groups in total. The Kier molecular flexibility index (Phi) is 6.44. The summed E-state index contributed by atoms with van der Waals surface area (Å²) in [4.78, 5) is 13.9. The third-order valence-corrected chi connectivity index (χ3v) is 6.94. The highest BCUT2D eigenvalue weighted by Gasteiger charge is 2.54. The number of carboxylic acids is 1. The van der Waals surface area contributed by atoms with Gasteiger partial charge < -0.3 is 15.3 Å². The molecule has 0 radical (unpaired) electrons. The third-order valence-electron chi connectivity index (χ3n) is 6.94. The van der Waals surface area contributed by atoms with Crippen molar-refractivity contribution in [2.45, 2.75) is 89.6 Å². The monoisotopic (exact) mass is 377 g/mol. The van der Waals surface area contributed by atoms with Gasteiger partial charge in [0, 0.05) is 18.0 Å². The number of fused-ring (bicyclic) bond motifs is 3. The lowest BCUT2D eigenvalue weighted by atomic mass is 9.88. The Labute approximate surface area is 162 Å². The summed E-state index contributed by atoms with van der Waals surface area (Å²) in [6.07, 6.45) is 10.2. The first-order valence-corrected chi connectivity index (χ1v) is 10.5. The average molecular weight is 378 g/mol. The summed E-state index contributed by atoms with van der Waals surface area (Å²) >= 11 is 0. The summed E-state index contributed by atoms with van der Waals surface area (Å²) in [7, 11) is 0. The molecule has 3 fully saturated rings. The van der Waals surface area contributed by atoms with Gasteiger partial charge in [0.15, 0.2) is 0 Å². The highest BCUT2D eigenvalue weighted by atomic mass is 16.4. The van der Waals surface area contributed by atoms with E-state index in [0.29, 0.717) is 24.8 Å². The average Bonchev–Trinajstić information content (AvgIpc) is 3.11. The molecule has 5 heteroatoms. The van der Waals surface area contributed by atoms with Crippen LogP contribution < -0.4 is 0 Å². The second-order valence-electron chi connectivity index (χ2n) is 9.10. The van der Waals surface area contributed by atoms with Crippen LogP contribution in [0.2, 0.25) is 0 Å². The number of allylic oxidation sites excluding steroid dienone is 2. The molecule has 0 aromatic rings. The van der Waals surface area contributed by atoms with Crippen molar-refractivity contribution in [2.75, 3.05) is 0 Å². The van der Waals surface area contributed by atoms with E-state index < -0.39 is 24.2 Å².